The van der Waals surface area contributed by atoms with E-state index in [1.54, 1.807) is 7.11 Å². The van der Waals surface area contributed by atoms with Crippen molar-refractivity contribution in [2.75, 3.05) is 26.9 Å². The molecule has 0 spiro atoms. The Hall–Kier alpha value is -0.120. The van der Waals surface area contributed by atoms with Crippen LogP contribution in [0.15, 0.2) is 0 Å². The summed E-state index contributed by atoms with van der Waals surface area (Å²) >= 11 is 0. The predicted octanol–water partition coefficient (Wildman–Crippen LogP) is 1.80. The monoisotopic (exact) mass is 215 g/mol. The van der Waals surface area contributed by atoms with Crippen LogP contribution < -0.4 is 5.73 Å². The van der Waals surface area contributed by atoms with Gasteiger partial charge in [-0.1, -0.05) is 13.3 Å². The zero-order valence-corrected chi connectivity index (χ0v) is 10.1. The minimum Gasteiger partial charge on any atom is -0.385 e. The maximum atomic E-state index is 5.90. The molecule has 1 saturated carbocycles. The molecule has 1 fully saturated rings. The van der Waals surface area contributed by atoms with E-state index >= 15 is 0 Å². The fraction of sp³-hybridized carbons (Fsp3) is 1.00. The van der Waals surface area contributed by atoms with Gasteiger partial charge in [0.2, 0.25) is 0 Å². The Morgan fingerprint density at radius 2 is 2.07 bits per heavy atom. The zero-order chi connectivity index (χ0) is 11.1. The van der Waals surface area contributed by atoms with E-state index in [9.17, 15) is 0 Å². The Bertz CT molecular complexity index is 164. The lowest BCUT2D eigenvalue weighted by molar-refractivity contribution is -0.0266. The second kappa shape index (κ2) is 7.20. The summed E-state index contributed by atoms with van der Waals surface area (Å²) in [5.41, 5.74) is 5.76. The van der Waals surface area contributed by atoms with E-state index < -0.39 is 0 Å². The van der Waals surface area contributed by atoms with E-state index in [0.29, 0.717) is 12.0 Å². The van der Waals surface area contributed by atoms with Crippen LogP contribution in [0.1, 0.15) is 32.6 Å². The first-order valence-electron chi connectivity index (χ1n) is 6.08. The van der Waals surface area contributed by atoms with E-state index in [1.165, 1.54) is 19.3 Å². The maximum Gasteiger partial charge on any atom is 0.0617 e. The molecule has 2 N–H and O–H groups in total. The molecular weight excluding hydrogens is 190 g/mol. The van der Waals surface area contributed by atoms with E-state index in [2.05, 4.69) is 6.92 Å². The predicted molar refractivity (Wildman–Crippen MR) is 61.8 cm³/mol. The molecule has 15 heavy (non-hydrogen) atoms. The standard InChI is InChI=1S/C12H25NO2/c1-10-4-5-11(9-13)12(8-10)15-7-3-6-14-2/h10-12H,3-9,13H2,1-2H3. The largest absolute Gasteiger partial charge is 0.385 e. The molecule has 0 heterocycles. The average Bonchev–Trinajstić information content (AvgIpc) is 2.25. The summed E-state index contributed by atoms with van der Waals surface area (Å²) in [6, 6.07) is 0. The normalized spacial score (nSPS) is 31.8. The van der Waals surface area contributed by atoms with Crippen molar-refractivity contribution in [3.8, 4) is 0 Å². The van der Waals surface area contributed by atoms with E-state index in [1.807, 2.05) is 0 Å². The first kappa shape index (κ1) is 12.9. The van der Waals surface area contributed by atoms with Gasteiger partial charge in [-0.3, -0.25) is 0 Å². The van der Waals surface area contributed by atoms with Crippen molar-refractivity contribution < 1.29 is 9.47 Å². The Balaban J connectivity index is 2.22. The second-order valence-electron chi connectivity index (χ2n) is 4.67. The lowest BCUT2D eigenvalue weighted by Crippen LogP contribution is -2.36. The van der Waals surface area contributed by atoms with Crippen molar-refractivity contribution in [1.82, 2.24) is 0 Å². The molecule has 0 saturated heterocycles. The van der Waals surface area contributed by atoms with Crippen LogP contribution in [-0.2, 0) is 9.47 Å². The minimum absolute atomic E-state index is 0.385. The van der Waals surface area contributed by atoms with Crippen LogP contribution in [-0.4, -0.2) is 33.0 Å². The van der Waals surface area contributed by atoms with Crippen LogP contribution in [0.3, 0.4) is 0 Å². The van der Waals surface area contributed by atoms with Gasteiger partial charge in [-0.2, -0.15) is 0 Å². The lowest BCUT2D eigenvalue weighted by Gasteiger charge is -2.34. The van der Waals surface area contributed by atoms with Gasteiger partial charge < -0.3 is 15.2 Å². The molecule has 0 amide bonds. The minimum atomic E-state index is 0.385. The molecule has 3 atom stereocenters. The van der Waals surface area contributed by atoms with Crippen molar-refractivity contribution >= 4 is 0 Å². The highest BCUT2D eigenvalue weighted by molar-refractivity contribution is 4.79. The average molecular weight is 215 g/mol. The summed E-state index contributed by atoms with van der Waals surface area (Å²) < 4.78 is 10.9. The number of hydrogen-bond acceptors (Lipinski definition) is 3. The third kappa shape index (κ3) is 4.49. The molecule has 0 radical (unpaired) electrons. The highest BCUT2D eigenvalue weighted by Gasteiger charge is 2.27. The first-order valence-corrected chi connectivity index (χ1v) is 6.08. The number of hydrogen-bond donors (Lipinski definition) is 1. The van der Waals surface area contributed by atoms with Crippen molar-refractivity contribution in [2.24, 2.45) is 17.6 Å². The highest BCUT2D eigenvalue weighted by atomic mass is 16.5. The van der Waals surface area contributed by atoms with Crippen molar-refractivity contribution in [1.29, 1.82) is 0 Å². The van der Waals surface area contributed by atoms with Crippen LogP contribution in [0.4, 0.5) is 0 Å². The highest BCUT2D eigenvalue weighted by Crippen LogP contribution is 2.30. The van der Waals surface area contributed by atoms with E-state index in [4.69, 9.17) is 15.2 Å². The van der Waals surface area contributed by atoms with Crippen LogP contribution in [0.25, 0.3) is 0 Å². The van der Waals surface area contributed by atoms with Crippen LogP contribution in [0, 0.1) is 11.8 Å². The van der Waals surface area contributed by atoms with Gasteiger partial charge in [0.15, 0.2) is 0 Å². The molecule has 0 aromatic rings. The van der Waals surface area contributed by atoms with Gasteiger partial charge >= 0.3 is 0 Å². The molecule has 3 unspecified atom stereocenters. The van der Waals surface area contributed by atoms with Crippen molar-refractivity contribution in [2.45, 2.75) is 38.7 Å². The number of ether oxygens (including phenoxy) is 2. The molecule has 90 valence electrons. The summed E-state index contributed by atoms with van der Waals surface area (Å²) in [7, 11) is 1.73. The van der Waals surface area contributed by atoms with Crippen LogP contribution in [0.2, 0.25) is 0 Å². The fourth-order valence-corrected chi connectivity index (χ4v) is 2.30. The molecular formula is C12H25NO2. The van der Waals surface area contributed by atoms with Gasteiger partial charge in [0, 0.05) is 20.3 Å². The summed E-state index contributed by atoms with van der Waals surface area (Å²) in [5, 5.41) is 0. The van der Waals surface area contributed by atoms with Gasteiger partial charge in [-0.05, 0) is 37.6 Å². The first-order chi connectivity index (χ1) is 7.27. The summed E-state index contributed by atoms with van der Waals surface area (Å²) in [6.07, 6.45) is 5.08. The molecule has 0 aromatic carbocycles. The van der Waals surface area contributed by atoms with Gasteiger partial charge in [0.25, 0.3) is 0 Å². The quantitative estimate of drug-likeness (QED) is 0.687. The topological polar surface area (TPSA) is 44.5 Å². The molecule has 0 aromatic heterocycles. The SMILES string of the molecule is COCCCOC1CC(C)CCC1CN. The Morgan fingerprint density at radius 1 is 1.27 bits per heavy atom. The smallest absolute Gasteiger partial charge is 0.0617 e. The van der Waals surface area contributed by atoms with E-state index in [0.717, 1.165) is 32.1 Å². The number of nitrogens with two attached hydrogens (primary N) is 1. The van der Waals surface area contributed by atoms with Gasteiger partial charge in [0.1, 0.15) is 0 Å². The maximum absolute atomic E-state index is 5.90. The molecule has 1 aliphatic rings. The molecule has 1 rings (SSSR count). The van der Waals surface area contributed by atoms with Crippen LogP contribution in [0.5, 0.6) is 0 Å². The fourth-order valence-electron chi connectivity index (χ4n) is 2.30. The second-order valence-corrected chi connectivity index (χ2v) is 4.67. The molecule has 0 aliphatic heterocycles. The van der Waals surface area contributed by atoms with Gasteiger partial charge in [-0.25, -0.2) is 0 Å². The number of methoxy groups -OCH3 is 1. The summed E-state index contributed by atoms with van der Waals surface area (Å²) in [6.45, 7) is 4.66. The van der Waals surface area contributed by atoms with Crippen molar-refractivity contribution in [3.05, 3.63) is 0 Å². The molecule has 0 bridgehead atoms. The third-order valence-electron chi connectivity index (χ3n) is 3.32. The van der Waals surface area contributed by atoms with Crippen LogP contribution >= 0.6 is 0 Å². The lowest BCUT2D eigenvalue weighted by atomic mass is 9.80. The zero-order valence-electron chi connectivity index (χ0n) is 10.1. The van der Waals surface area contributed by atoms with Crippen molar-refractivity contribution in [3.63, 3.8) is 0 Å². The Labute approximate surface area is 93.3 Å². The summed E-state index contributed by atoms with van der Waals surface area (Å²) in [4.78, 5) is 0. The number of rotatable bonds is 6. The molecule has 3 nitrogen and oxygen atoms in total. The van der Waals surface area contributed by atoms with Gasteiger partial charge in [0.05, 0.1) is 6.10 Å². The van der Waals surface area contributed by atoms with Gasteiger partial charge in [-0.15, -0.1) is 0 Å². The molecule has 1 aliphatic carbocycles. The summed E-state index contributed by atoms with van der Waals surface area (Å²) in [5.74, 6) is 1.36. The Morgan fingerprint density at radius 3 is 2.73 bits per heavy atom. The Kier molecular flexibility index (Phi) is 6.22. The third-order valence-corrected chi connectivity index (χ3v) is 3.32. The molecule has 3 heteroatoms. The van der Waals surface area contributed by atoms with E-state index in [-0.39, 0.29) is 0 Å².